The molecule has 0 aliphatic rings. The van der Waals surface area contributed by atoms with Gasteiger partial charge in [-0.1, -0.05) is 17.7 Å². The minimum atomic E-state index is -0.479. The van der Waals surface area contributed by atoms with Crippen LogP contribution < -0.4 is 0 Å². The first-order valence-corrected chi connectivity index (χ1v) is 5.83. The SMILES string of the molecule is Cc1cnccc1C(=O)Cc1ccc(F)c(Cl)c1. The maximum atomic E-state index is 13.0. The second kappa shape index (κ2) is 5.27. The lowest BCUT2D eigenvalue weighted by Gasteiger charge is -2.05. The van der Waals surface area contributed by atoms with Gasteiger partial charge in [-0.05, 0) is 36.2 Å². The maximum Gasteiger partial charge on any atom is 0.167 e. The van der Waals surface area contributed by atoms with E-state index in [-0.39, 0.29) is 17.2 Å². The van der Waals surface area contributed by atoms with Gasteiger partial charge in [0, 0.05) is 24.4 Å². The fourth-order valence-electron chi connectivity index (χ4n) is 1.72. The van der Waals surface area contributed by atoms with Gasteiger partial charge in [-0.15, -0.1) is 0 Å². The Hall–Kier alpha value is -1.74. The zero-order chi connectivity index (χ0) is 13.1. The first kappa shape index (κ1) is 12.7. The molecule has 1 aromatic carbocycles. The fraction of sp³-hybridized carbons (Fsp3) is 0.143. The summed E-state index contributed by atoms with van der Waals surface area (Å²) >= 11 is 5.68. The van der Waals surface area contributed by atoms with E-state index in [2.05, 4.69) is 4.98 Å². The molecule has 0 aliphatic carbocycles. The lowest BCUT2D eigenvalue weighted by Crippen LogP contribution is -2.06. The van der Waals surface area contributed by atoms with Crippen molar-refractivity contribution in [1.82, 2.24) is 4.98 Å². The molecule has 0 atom stereocenters. The van der Waals surface area contributed by atoms with Gasteiger partial charge in [-0.3, -0.25) is 9.78 Å². The summed E-state index contributed by atoms with van der Waals surface area (Å²) in [5.41, 5.74) is 2.16. The van der Waals surface area contributed by atoms with E-state index in [9.17, 15) is 9.18 Å². The summed E-state index contributed by atoms with van der Waals surface area (Å²) < 4.78 is 13.0. The summed E-state index contributed by atoms with van der Waals surface area (Å²) in [5.74, 6) is -0.509. The lowest BCUT2D eigenvalue weighted by molar-refractivity contribution is 0.0992. The van der Waals surface area contributed by atoms with Crippen molar-refractivity contribution in [3.8, 4) is 0 Å². The molecule has 0 bridgehead atoms. The number of carbonyl (C=O) groups is 1. The molecule has 0 saturated heterocycles. The average molecular weight is 264 g/mol. The molecule has 0 saturated carbocycles. The highest BCUT2D eigenvalue weighted by molar-refractivity contribution is 6.30. The number of hydrogen-bond donors (Lipinski definition) is 0. The van der Waals surface area contributed by atoms with Gasteiger partial charge in [-0.2, -0.15) is 0 Å². The van der Waals surface area contributed by atoms with Crippen LogP contribution in [0.15, 0.2) is 36.7 Å². The number of benzene rings is 1. The van der Waals surface area contributed by atoms with Crippen molar-refractivity contribution in [1.29, 1.82) is 0 Å². The van der Waals surface area contributed by atoms with E-state index in [1.165, 1.54) is 12.1 Å². The van der Waals surface area contributed by atoms with Crippen LogP contribution in [0.2, 0.25) is 5.02 Å². The first-order chi connectivity index (χ1) is 8.58. The summed E-state index contributed by atoms with van der Waals surface area (Å²) in [6.07, 6.45) is 3.42. The number of pyridine rings is 1. The van der Waals surface area contributed by atoms with Gasteiger partial charge in [-0.25, -0.2) is 4.39 Å². The Kier molecular flexibility index (Phi) is 3.72. The number of halogens is 2. The summed E-state index contributed by atoms with van der Waals surface area (Å²) in [7, 11) is 0. The molecule has 18 heavy (non-hydrogen) atoms. The van der Waals surface area contributed by atoms with Crippen LogP contribution in [0.1, 0.15) is 21.5 Å². The van der Waals surface area contributed by atoms with Crippen LogP contribution in [0.4, 0.5) is 4.39 Å². The predicted molar refractivity (Wildman–Crippen MR) is 68.4 cm³/mol. The molecule has 2 rings (SSSR count). The van der Waals surface area contributed by atoms with Gasteiger partial charge in [0.15, 0.2) is 5.78 Å². The number of aromatic nitrogens is 1. The molecular weight excluding hydrogens is 253 g/mol. The normalized spacial score (nSPS) is 10.4. The molecule has 4 heteroatoms. The number of Topliss-reactive ketones (excluding diaryl/α,β-unsaturated/α-hetero) is 1. The molecule has 0 fully saturated rings. The third-order valence-corrected chi connectivity index (χ3v) is 2.96. The number of nitrogens with zero attached hydrogens (tertiary/aromatic N) is 1. The molecule has 0 amide bonds. The van der Waals surface area contributed by atoms with Crippen LogP contribution in [0.25, 0.3) is 0 Å². The van der Waals surface area contributed by atoms with Crippen LogP contribution in [0.3, 0.4) is 0 Å². The Morgan fingerprint density at radius 3 is 2.83 bits per heavy atom. The highest BCUT2D eigenvalue weighted by Gasteiger charge is 2.10. The standard InChI is InChI=1S/C14H11ClFNO/c1-9-8-17-5-4-11(9)14(18)7-10-2-3-13(16)12(15)6-10/h2-6,8H,7H2,1H3. The maximum absolute atomic E-state index is 13.0. The minimum Gasteiger partial charge on any atom is -0.294 e. The number of carbonyl (C=O) groups excluding carboxylic acids is 1. The van der Waals surface area contributed by atoms with Crippen molar-refractivity contribution in [3.05, 3.63) is 64.2 Å². The highest BCUT2D eigenvalue weighted by Crippen LogP contribution is 2.18. The summed E-state index contributed by atoms with van der Waals surface area (Å²) in [6, 6.07) is 5.99. The van der Waals surface area contributed by atoms with Gasteiger partial charge in [0.25, 0.3) is 0 Å². The molecule has 1 heterocycles. The van der Waals surface area contributed by atoms with Gasteiger partial charge in [0.05, 0.1) is 5.02 Å². The Morgan fingerprint density at radius 1 is 1.39 bits per heavy atom. The van der Waals surface area contributed by atoms with Gasteiger partial charge < -0.3 is 0 Å². The molecule has 0 aliphatic heterocycles. The van der Waals surface area contributed by atoms with E-state index < -0.39 is 5.82 Å². The van der Waals surface area contributed by atoms with Crippen LogP contribution in [-0.4, -0.2) is 10.8 Å². The van der Waals surface area contributed by atoms with Gasteiger partial charge in [0.2, 0.25) is 0 Å². The smallest absolute Gasteiger partial charge is 0.167 e. The summed E-state index contributed by atoms with van der Waals surface area (Å²) in [5, 5.41) is 0.0340. The average Bonchev–Trinajstić information content (AvgIpc) is 2.34. The summed E-state index contributed by atoms with van der Waals surface area (Å²) in [4.78, 5) is 16.0. The van der Waals surface area contributed by atoms with E-state index in [1.54, 1.807) is 24.5 Å². The molecule has 0 unspecified atom stereocenters. The fourth-order valence-corrected chi connectivity index (χ4v) is 1.92. The van der Waals surface area contributed by atoms with E-state index in [1.807, 2.05) is 6.92 Å². The molecule has 1 aromatic heterocycles. The van der Waals surface area contributed by atoms with E-state index in [4.69, 9.17) is 11.6 Å². The van der Waals surface area contributed by atoms with Crippen molar-refractivity contribution in [2.75, 3.05) is 0 Å². The molecule has 0 radical (unpaired) electrons. The second-order valence-electron chi connectivity index (χ2n) is 4.04. The topological polar surface area (TPSA) is 30.0 Å². The predicted octanol–water partition coefficient (Wildman–Crippen LogP) is 3.61. The van der Waals surface area contributed by atoms with Gasteiger partial charge >= 0.3 is 0 Å². The van der Waals surface area contributed by atoms with Crippen LogP contribution in [0, 0.1) is 12.7 Å². The van der Waals surface area contributed by atoms with Crippen LogP contribution in [-0.2, 0) is 6.42 Å². The number of ketones is 1. The molecule has 2 aromatic rings. The second-order valence-corrected chi connectivity index (χ2v) is 4.45. The molecular formula is C14H11ClFNO. The van der Waals surface area contributed by atoms with Crippen molar-refractivity contribution >= 4 is 17.4 Å². The van der Waals surface area contributed by atoms with E-state index in [0.717, 1.165) is 5.56 Å². The van der Waals surface area contributed by atoms with E-state index >= 15 is 0 Å². The lowest BCUT2D eigenvalue weighted by atomic mass is 10.0. The van der Waals surface area contributed by atoms with Crippen molar-refractivity contribution < 1.29 is 9.18 Å². The molecule has 92 valence electrons. The van der Waals surface area contributed by atoms with Crippen LogP contribution in [0.5, 0.6) is 0 Å². The Morgan fingerprint density at radius 2 is 2.17 bits per heavy atom. The Balaban J connectivity index is 2.22. The largest absolute Gasteiger partial charge is 0.294 e. The van der Waals surface area contributed by atoms with Crippen LogP contribution >= 0.6 is 11.6 Å². The molecule has 2 nitrogen and oxygen atoms in total. The minimum absolute atomic E-state index is 0.0300. The number of aryl methyl sites for hydroxylation is 1. The zero-order valence-corrected chi connectivity index (χ0v) is 10.5. The summed E-state index contributed by atoms with van der Waals surface area (Å²) in [6.45, 7) is 1.83. The monoisotopic (exact) mass is 263 g/mol. The van der Waals surface area contributed by atoms with Crippen molar-refractivity contribution in [3.63, 3.8) is 0 Å². The Bertz CT molecular complexity index is 598. The highest BCUT2D eigenvalue weighted by atomic mass is 35.5. The van der Waals surface area contributed by atoms with Crippen molar-refractivity contribution in [2.24, 2.45) is 0 Å². The zero-order valence-electron chi connectivity index (χ0n) is 9.78. The van der Waals surface area contributed by atoms with E-state index in [0.29, 0.717) is 11.1 Å². The number of rotatable bonds is 3. The molecule has 0 N–H and O–H groups in total. The number of hydrogen-bond acceptors (Lipinski definition) is 2. The first-order valence-electron chi connectivity index (χ1n) is 5.45. The third-order valence-electron chi connectivity index (χ3n) is 2.67. The van der Waals surface area contributed by atoms with Crippen molar-refractivity contribution in [2.45, 2.75) is 13.3 Å². The Labute approximate surface area is 109 Å². The third kappa shape index (κ3) is 2.74. The van der Waals surface area contributed by atoms with Gasteiger partial charge in [0.1, 0.15) is 5.82 Å². The quantitative estimate of drug-likeness (QED) is 0.792. The molecule has 0 spiro atoms.